The highest BCUT2D eigenvalue weighted by Gasteiger charge is 2.02. The van der Waals surface area contributed by atoms with E-state index in [0.717, 1.165) is 11.6 Å². The molecule has 1 heterocycles. The van der Waals surface area contributed by atoms with Gasteiger partial charge in [-0.05, 0) is 38.5 Å². The number of hydrogen-bond donors (Lipinski definition) is 1. The second-order valence-electron chi connectivity index (χ2n) is 4.66. The molecule has 5 nitrogen and oxygen atoms in total. The minimum absolute atomic E-state index is 0.566. The maximum atomic E-state index is 5.68. The maximum absolute atomic E-state index is 5.68. The van der Waals surface area contributed by atoms with E-state index in [0.29, 0.717) is 31.5 Å². The molecular weight excluding hydrogens is 266 g/mol. The summed E-state index contributed by atoms with van der Waals surface area (Å²) >= 11 is 0. The smallest absolute Gasteiger partial charge is 0.218 e. The summed E-state index contributed by atoms with van der Waals surface area (Å²) in [6, 6.07) is 9.80. The second kappa shape index (κ2) is 7.47. The van der Waals surface area contributed by atoms with Crippen LogP contribution in [0.15, 0.2) is 30.3 Å². The standard InChI is InChI=1S/C16H21N3O2/c1-4-20-16-11-15(18-13(3)19-16)17-8-9-21-14-7-5-6-12(2)10-14/h5-7,10-11H,4,8-9H2,1-3H3,(H,17,18,19). The van der Waals surface area contributed by atoms with Crippen LogP contribution in [-0.2, 0) is 0 Å². The molecule has 2 rings (SSSR count). The van der Waals surface area contributed by atoms with Crippen LogP contribution in [0.5, 0.6) is 11.6 Å². The first kappa shape index (κ1) is 15.1. The second-order valence-corrected chi connectivity index (χ2v) is 4.66. The van der Waals surface area contributed by atoms with Crippen molar-refractivity contribution in [3.8, 4) is 11.6 Å². The Balaban J connectivity index is 1.83. The predicted molar refractivity (Wildman–Crippen MR) is 83.1 cm³/mol. The van der Waals surface area contributed by atoms with Gasteiger partial charge in [0.2, 0.25) is 5.88 Å². The predicted octanol–water partition coefficient (Wildman–Crippen LogP) is 2.98. The molecule has 0 amide bonds. The summed E-state index contributed by atoms with van der Waals surface area (Å²) in [7, 11) is 0. The van der Waals surface area contributed by atoms with E-state index in [1.165, 1.54) is 5.56 Å². The Labute approximate surface area is 125 Å². The zero-order valence-electron chi connectivity index (χ0n) is 12.7. The van der Waals surface area contributed by atoms with Crippen molar-refractivity contribution in [1.29, 1.82) is 0 Å². The van der Waals surface area contributed by atoms with Crippen LogP contribution in [-0.4, -0.2) is 29.7 Å². The van der Waals surface area contributed by atoms with Gasteiger partial charge in [-0.1, -0.05) is 12.1 Å². The van der Waals surface area contributed by atoms with Gasteiger partial charge in [0.25, 0.3) is 0 Å². The molecule has 0 aliphatic carbocycles. The first-order valence-corrected chi connectivity index (χ1v) is 7.09. The number of aromatic nitrogens is 2. The summed E-state index contributed by atoms with van der Waals surface area (Å²) in [6.45, 7) is 7.64. The molecule has 0 aliphatic rings. The molecule has 0 radical (unpaired) electrons. The van der Waals surface area contributed by atoms with Crippen molar-refractivity contribution in [3.63, 3.8) is 0 Å². The highest BCUT2D eigenvalue weighted by atomic mass is 16.5. The van der Waals surface area contributed by atoms with Crippen LogP contribution < -0.4 is 14.8 Å². The lowest BCUT2D eigenvalue weighted by atomic mass is 10.2. The van der Waals surface area contributed by atoms with Gasteiger partial charge in [-0.25, -0.2) is 4.98 Å². The van der Waals surface area contributed by atoms with E-state index >= 15 is 0 Å². The van der Waals surface area contributed by atoms with Crippen molar-refractivity contribution in [2.24, 2.45) is 0 Å². The molecule has 0 aliphatic heterocycles. The summed E-state index contributed by atoms with van der Waals surface area (Å²) in [4.78, 5) is 8.52. The number of hydrogen-bond acceptors (Lipinski definition) is 5. The molecule has 0 unspecified atom stereocenters. The van der Waals surface area contributed by atoms with Crippen molar-refractivity contribution in [2.45, 2.75) is 20.8 Å². The molecule has 0 bridgehead atoms. The van der Waals surface area contributed by atoms with E-state index in [-0.39, 0.29) is 0 Å². The SMILES string of the molecule is CCOc1cc(NCCOc2cccc(C)c2)nc(C)n1. The average Bonchev–Trinajstić information content (AvgIpc) is 2.43. The normalized spacial score (nSPS) is 10.2. The number of anilines is 1. The van der Waals surface area contributed by atoms with Gasteiger partial charge in [-0.3, -0.25) is 0 Å². The molecule has 0 spiro atoms. The minimum atomic E-state index is 0.566. The number of rotatable bonds is 7. The third-order valence-corrected chi connectivity index (χ3v) is 2.77. The average molecular weight is 287 g/mol. The topological polar surface area (TPSA) is 56.3 Å². The summed E-state index contributed by atoms with van der Waals surface area (Å²) in [5.41, 5.74) is 1.19. The van der Waals surface area contributed by atoms with Crippen molar-refractivity contribution in [3.05, 3.63) is 41.7 Å². The largest absolute Gasteiger partial charge is 0.492 e. The van der Waals surface area contributed by atoms with Crippen molar-refractivity contribution < 1.29 is 9.47 Å². The van der Waals surface area contributed by atoms with Gasteiger partial charge in [0, 0.05) is 6.07 Å². The van der Waals surface area contributed by atoms with Crippen LogP contribution in [0.3, 0.4) is 0 Å². The summed E-state index contributed by atoms with van der Waals surface area (Å²) < 4.78 is 11.1. The van der Waals surface area contributed by atoms with Gasteiger partial charge in [0.05, 0.1) is 13.2 Å². The van der Waals surface area contributed by atoms with Crippen LogP contribution in [0.1, 0.15) is 18.3 Å². The minimum Gasteiger partial charge on any atom is -0.492 e. The van der Waals surface area contributed by atoms with Gasteiger partial charge in [0.15, 0.2) is 0 Å². The lowest BCUT2D eigenvalue weighted by molar-refractivity contribution is 0.324. The Kier molecular flexibility index (Phi) is 5.37. The maximum Gasteiger partial charge on any atom is 0.218 e. The Hall–Kier alpha value is -2.30. The molecular formula is C16H21N3O2. The summed E-state index contributed by atoms with van der Waals surface area (Å²) in [5, 5.41) is 3.21. The molecule has 5 heteroatoms. The summed E-state index contributed by atoms with van der Waals surface area (Å²) in [6.07, 6.45) is 0. The van der Waals surface area contributed by atoms with Gasteiger partial charge in [-0.15, -0.1) is 0 Å². The number of benzene rings is 1. The Morgan fingerprint density at radius 3 is 2.71 bits per heavy atom. The van der Waals surface area contributed by atoms with Crippen molar-refractivity contribution in [2.75, 3.05) is 25.1 Å². The highest BCUT2D eigenvalue weighted by Crippen LogP contribution is 2.14. The zero-order chi connectivity index (χ0) is 15.1. The molecule has 112 valence electrons. The molecule has 21 heavy (non-hydrogen) atoms. The molecule has 0 fully saturated rings. The molecule has 1 aromatic heterocycles. The molecule has 2 aromatic rings. The van der Waals surface area contributed by atoms with E-state index in [2.05, 4.69) is 15.3 Å². The molecule has 1 N–H and O–H groups in total. The molecule has 0 saturated carbocycles. The number of nitrogens with one attached hydrogen (secondary N) is 1. The van der Waals surface area contributed by atoms with Gasteiger partial charge < -0.3 is 14.8 Å². The molecule has 1 aromatic carbocycles. The van der Waals surface area contributed by atoms with E-state index in [1.807, 2.05) is 45.0 Å². The van der Waals surface area contributed by atoms with Crippen LogP contribution >= 0.6 is 0 Å². The Bertz CT molecular complexity index is 587. The van der Waals surface area contributed by atoms with E-state index < -0.39 is 0 Å². The van der Waals surface area contributed by atoms with Gasteiger partial charge in [0.1, 0.15) is 24.0 Å². The van der Waals surface area contributed by atoms with E-state index in [9.17, 15) is 0 Å². The lowest BCUT2D eigenvalue weighted by Crippen LogP contribution is -2.13. The lowest BCUT2D eigenvalue weighted by Gasteiger charge is -2.10. The fraction of sp³-hybridized carbons (Fsp3) is 0.375. The molecule has 0 atom stereocenters. The zero-order valence-corrected chi connectivity index (χ0v) is 12.7. The highest BCUT2D eigenvalue weighted by molar-refractivity contribution is 5.38. The number of nitrogens with zero attached hydrogens (tertiary/aromatic N) is 2. The quantitative estimate of drug-likeness (QED) is 0.793. The van der Waals surface area contributed by atoms with Crippen LogP contribution in [0.2, 0.25) is 0 Å². The third kappa shape index (κ3) is 4.95. The van der Waals surface area contributed by atoms with Gasteiger partial charge in [-0.2, -0.15) is 4.98 Å². The third-order valence-electron chi connectivity index (χ3n) is 2.77. The van der Waals surface area contributed by atoms with E-state index in [4.69, 9.17) is 9.47 Å². The van der Waals surface area contributed by atoms with Gasteiger partial charge >= 0.3 is 0 Å². The van der Waals surface area contributed by atoms with E-state index in [1.54, 1.807) is 6.07 Å². The number of aryl methyl sites for hydroxylation is 2. The van der Waals surface area contributed by atoms with Crippen LogP contribution in [0.25, 0.3) is 0 Å². The Morgan fingerprint density at radius 2 is 1.95 bits per heavy atom. The first-order valence-electron chi connectivity index (χ1n) is 7.09. The fourth-order valence-corrected chi connectivity index (χ4v) is 1.91. The molecule has 0 saturated heterocycles. The fourth-order valence-electron chi connectivity index (χ4n) is 1.91. The van der Waals surface area contributed by atoms with Crippen molar-refractivity contribution in [1.82, 2.24) is 9.97 Å². The monoisotopic (exact) mass is 287 g/mol. The van der Waals surface area contributed by atoms with Crippen molar-refractivity contribution >= 4 is 5.82 Å². The van der Waals surface area contributed by atoms with Crippen LogP contribution in [0, 0.1) is 13.8 Å². The Morgan fingerprint density at radius 1 is 1.10 bits per heavy atom. The van der Waals surface area contributed by atoms with Crippen LogP contribution in [0.4, 0.5) is 5.82 Å². The number of ether oxygens (including phenoxy) is 2. The summed E-state index contributed by atoms with van der Waals surface area (Å²) in [5.74, 6) is 2.90. The first-order chi connectivity index (χ1) is 10.2.